The average molecular weight is 444 g/mol. The highest BCUT2D eigenvalue weighted by atomic mass is 35.5. The summed E-state index contributed by atoms with van der Waals surface area (Å²) in [5.74, 6) is -0.278. The predicted octanol–water partition coefficient (Wildman–Crippen LogP) is 2.40. The molecule has 0 saturated carbocycles. The van der Waals surface area contributed by atoms with Crippen molar-refractivity contribution in [3.8, 4) is 0 Å². The fourth-order valence-electron chi connectivity index (χ4n) is 3.77. The van der Waals surface area contributed by atoms with Gasteiger partial charge in [-0.3, -0.25) is 4.79 Å². The lowest BCUT2D eigenvalue weighted by Crippen LogP contribution is -2.46. The molecule has 2 aliphatic heterocycles. The fourth-order valence-corrected chi connectivity index (χ4v) is 5.36. The van der Waals surface area contributed by atoms with Crippen molar-refractivity contribution in [3.63, 3.8) is 0 Å². The molecule has 2 N–H and O–H groups in total. The first-order valence-corrected chi connectivity index (χ1v) is 12.1. The molecule has 0 bridgehead atoms. The molecule has 1 atom stereocenters. The normalized spacial score (nSPS) is 21.6. The number of carbonyl (C=O) groups is 1. The number of hydrogen-bond acceptors (Lipinski definition) is 5. The van der Waals surface area contributed by atoms with Gasteiger partial charge in [-0.15, -0.1) is 0 Å². The second-order valence-electron chi connectivity index (χ2n) is 8.01. The van der Waals surface area contributed by atoms with Crippen molar-refractivity contribution in [2.75, 3.05) is 26.2 Å². The maximum absolute atomic E-state index is 12.7. The topological polar surface area (TPSA) is 87.7 Å². The lowest BCUT2D eigenvalue weighted by atomic mass is 10.0. The summed E-state index contributed by atoms with van der Waals surface area (Å²) in [4.78, 5) is 15.0. The number of benzene rings is 1. The summed E-state index contributed by atoms with van der Waals surface area (Å²) >= 11 is 6.13. The van der Waals surface area contributed by atoms with Crippen molar-refractivity contribution < 1.29 is 17.9 Å². The van der Waals surface area contributed by atoms with Crippen LogP contribution in [0.5, 0.6) is 0 Å². The Kier molecular flexibility index (Phi) is 7.56. The van der Waals surface area contributed by atoms with Crippen molar-refractivity contribution in [2.24, 2.45) is 0 Å². The fraction of sp³-hybridized carbons (Fsp3) is 0.650. The molecule has 0 radical (unpaired) electrons. The third-order valence-electron chi connectivity index (χ3n) is 5.60. The maximum atomic E-state index is 12.7. The zero-order valence-corrected chi connectivity index (χ0v) is 18.6. The minimum Gasteiger partial charge on any atom is -0.377 e. The first kappa shape index (κ1) is 22.5. The van der Waals surface area contributed by atoms with Crippen LogP contribution in [0.15, 0.2) is 23.1 Å². The van der Waals surface area contributed by atoms with Crippen LogP contribution < -0.4 is 10.0 Å². The van der Waals surface area contributed by atoms with Crippen LogP contribution in [0.3, 0.4) is 0 Å². The van der Waals surface area contributed by atoms with Crippen molar-refractivity contribution >= 4 is 27.5 Å². The predicted molar refractivity (Wildman–Crippen MR) is 113 cm³/mol. The monoisotopic (exact) mass is 443 g/mol. The smallest absolute Gasteiger partial charge is 0.251 e. The molecule has 0 aromatic heterocycles. The second-order valence-corrected chi connectivity index (χ2v) is 10.2. The van der Waals surface area contributed by atoms with Crippen molar-refractivity contribution in [1.29, 1.82) is 0 Å². The lowest BCUT2D eigenvalue weighted by Gasteiger charge is -2.34. The summed E-state index contributed by atoms with van der Waals surface area (Å²) in [5, 5.41) is 3.12. The van der Waals surface area contributed by atoms with Gasteiger partial charge in [-0.05, 0) is 57.7 Å². The summed E-state index contributed by atoms with van der Waals surface area (Å²) in [5.41, 5.74) is 0.290. The van der Waals surface area contributed by atoms with E-state index in [2.05, 4.69) is 28.8 Å². The van der Waals surface area contributed by atoms with Crippen LogP contribution in [0.25, 0.3) is 0 Å². The van der Waals surface area contributed by atoms with Gasteiger partial charge in [0.2, 0.25) is 10.0 Å². The van der Waals surface area contributed by atoms with Gasteiger partial charge in [0, 0.05) is 43.9 Å². The zero-order chi connectivity index (χ0) is 21.0. The Morgan fingerprint density at radius 3 is 2.62 bits per heavy atom. The Hall–Kier alpha value is -1.19. The molecule has 2 saturated heterocycles. The summed E-state index contributed by atoms with van der Waals surface area (Å²) < 4.78 is 33.4. The largest absolute Gasteiger partial charge is 0.377 e. The van der Waals surface area contributed by atoms with Crippen molar-refractivity contribution in [1.82, 2.24) is 14.9 Å². The summed E-state index contributed by atoms with van der Waals surface area (Å²) in [6.45, 7) is 7.07. The highest BCUT2D eigenvalue weighted by Crippen LogP contribution is 2.23. The van der Waals surface area contributed by atoms with Crippen LogP contribution >= 0.6 is 11.6 Å². The number of ether oxygens (including phenoxy) is 1. The molecule has 7 nitrogen and oxygen atoms in total. The van der Waals surface area contributed by atoms with Crippen LogP contribution in [-0.2, 0) is 14.8 Å². The molecule has 0 spiro atoms. The molecule has 2 fully saturated rings. The highest BCUT2D eigenvalue weighted by molar-refractivity contribution is 7.89. The zero-order valence-electron chi connectivity index (χ0n) is 17.0. The molecule has 9 heteroatoms. The third kappa shape index (κ3) is 5.92. The van der Waals surface area contributed by atoms with E-state index in [0.717, 1.165) is 38.8 Å². The van der Waals surface area contributed by atoms with Gasteiger partial charge in [0.25, 0.3) is 5.91 Å². The number of sulfonamides is 1. The number of hydrogen-bond donors (Lipinski definition) is 2. The molecule has 1 unspecified atom stereocenters. The molecule has 1 aromatic rings. The van der Waals surface area contributed by atoms with Crippen LogP contribution in [-0.4, -0.2) is 63.7 Å². The molecular weight excluding hydrogens is 414 g/mol. The van der Waals surface area contributed by atoms with Gasteiger partial charge < -0.3 is 15.0 Å². The number of likely N-dealkylation sites (tertiary alicyclic amines) is 1. The lowest BCUT2D eigenvalue weighted by molar-refractivity contribution is 0.0900. The average Bonchev–Trinajstić information content (AvgIpc) is 3.21. The van der Waals surface area contributed by atoms with E-state index in [9.17, 15) is 13.2 Å². The molecule has 1 amide bonds. The third-order valence-corrected chi connectivity index (χ3v) is 7.51. The van der Waals surface area contributed by atoms with E-state index >= 15 is 0 Å². The van der Waals surface area contributed by atoms with Crippen LogP contribution in [0.4, 0.5) is 0 Å². The van der Waals surface area contributed by atoms with Gasteiger partial charge in [-0.2, -0.15) is 0 Å². The van der Waals surface area contributed by atoms with Crippen molar-refractivity contribution in [2.45, 2.75) is 62.6 Å². The first-order valence-electron chi connectivity index (χ1n) is 10.2. The van der Waals surface area contributed by atoms with Gasteiger partial charge in [-0.25, -0.2) is 13.1 Å². The standard InChI is InChI=1S/C20H30ClN3O4S/c1-14(2)24-9-7-16(8-10-24)23-20(25)15-5-6-18(21)19(12-15)29(26,27)22-13-17-4-3-11-28-17/h5-6,12,14,16-17,22H,3-4,7-11,13H2,1-2H3,(H,23,25). The molecule has 29 heavy (non-hydrogen) atoms. The molecule has 162 valence electrons. The van der Waals surface area contributed by atoms with Crippen molar-refractivity contribution in [3.05, 3.63) is 28.8 Å². The van der Waals surface area contributed by atoms with E-state index in [-0.39, 0.29) is 40.1 Å². The highest BCUT2D eigenvalue weighted by Gasteiger charge is 2.25. The number of halogens is 1. The molecular formula is C20H30ClN3O4S. The Morgan fingerprint density at radius 2 is 2.00 bits per heavy atom. The van der Waals surface area contributed by atoms with E-state index in [4.69, 9.17) is 16.3 Å². The van der Waals surface area contributed by atoms with E-state index in [1.165, 1.54) is 12.1 Å². The summed E-state index contributed by atoms with van der Waals surface area (Å²) in [6.07, 6.45) is 3.40. The molecule has 2 aliphatic rings. The summed E-state index contributed by atoms with van der Waals surface area (Å²) in [6, 6.07) is 4.95. The molecule has 3 rings (SSSR count). The number of carbonyl (C=O) groups excluding carboxylic acids is 1. The van der Waals surface area contributed by atoms with Gasteiger partial charge in [-0.1, -0.05) is 11.6 Å². The maximum Gasteiger partial charge on any atom is 0.251 e. The van der Waals surface area contributed by atoms with E-state index < -0.39 is 10.0 Å². The van der Waals surface area contributed by atoms with Gasteiger partial charge in [0.05, 0.1) is 11.1 Å². The van der Waals surface area contributed by atoms with Gasteiger partial charge in [0.15, 0.2) is 0 Å². The number of rotatable bonds is 7. The Morgan fingerprint density at radius 1 is 1.28 bits per heavy atom. The van der Waals surface area contributed by atoms with Gasteiger partial charge >= 0.3 is 0 Å². The minimum atomic E-state index is -3.83. The van der Waals surface area contributed by atoms with Crippen LogP contribution in [0, 0.1) is 0 Å². The first-order chi connectivity index (χ1) is 13.8. The molecule has 2 heterocycles. The Balaban J connectivity index is 1.64. The Bertz CT molecular complexity index is 817. The summed E-state index contributed by atoms with van der Waals surface area (Å²) in [7, 11) is -3.83. The number of nitrogens with one attached hydrogen (secondary N) is 2. The van der Waals surface area contributed by atoms with E-state index in [1.54, 1.807) is 6.07 Å². The van der Waals surface area contributed by atoms with Crippen LogP contribution in [0.2, 0.25) is 5.02 Å². The second kappa shape index (κ2) is 9.75. The number of nitrogens with zero attached hydrogens (tertiary/aromatic N) is 1. The molecule has 1 aromatic carbocycles. The van der Waals surface area contributed by atoms with Gasteiger partial charge in [0.1, 0.15) is 4.90 Å². The number of amides is 1. The molecule has 0 aliphatic carbocycles. The van der Waals surface area contributed by atoms with Crippen LogP contribution in [0.1, 0.15) is 49.9 Å². The number of piperidine rings is 1. The van der Waals surface area contributed by atoms with E-state index in [0.29, 0.717) is 12.6 Å². The van der Waals surface area contributed by atoms with E-state index in [1.807, 2.05) is 0 Å². The minimum absolute atomic E-state index is 0.0839. The SMILES string of the molecule is CC(C)N1CCC(NC(=O)c2ccc(Cl)c(S(=O)(=O)NCC3CCCO3)c2)CC1. The quantitative estimate of drug-likeness (QED) is 0.675. The Labute approximate surface area is 178 Å².